The molecule has 106 valence electrons. The van der Waals surface area contributed by atoms with Gasteiger partial charge in [-0.15, -0.1) is 0 Å². The van der Waals surface area contributed by atoms with E-state index in [-0.39, 0.29) is 17.2 Å². The van der Waals surface area contributed by atoms with Crippen LogP contribution in [-0.2, 0) is 16.6 Å². The van der Waals surface area contributed by atoms with E-state index in [0.717, 1.165) is 0 Å². The SMILES string of the molecule is COc1cc(N)ccc1S(=O)(=O)NCc1ccncn1. The Labute approximate surface area is 116 Å². The van der Waals surface area contributed by atoms with Crippen molar-refractivity contribution >= 4 is 15.7 Å². The van der Waals surface area contributed by atoms with Crippen molar-refractivity contribution in [1.82, 2.24) is 14.7 Å². The quantitative estimate of drug-likeness (QED) is 0.780. The van der Waals surface area contributed by atoms with Gasteiger partial charge >= 0.3 is 0 Å². The molecule has 20 heavy (non-hydrogen) atoms. The number of hydrogen-bond donors (Lipinski definition) is 2. The number of hydrogen-bond acceptors (Lipinski definition) is 6. The van der Waals surface area contributed by atoms with Crippen molar-refractivity contribution in [2.75, 3.05) is 12.8 Å². The minimum absolute atomic E-state index is 0.0308. The first-order valence-corrected chi connectivity index (χ1v) is 7.19. The van der Waals surface area contributed by atoms with Gasteiger partial charge in [-0.05, 0) is 18.2 Å². The van der Waals surface area contributed by atoms with Gasteiger partial charge in [-0.1, -0.05) is 0 Å². The van der Waals surface area contributed by atoms with Crippen LogP contribution in [0.25, 0.3) is 0 Å². The Bertz CT molecular complexity index is 689. The number of methoxy groups -OCH3 is 1. The number of anilines is 1. The Hall–Kier alpha value is -2.19. The topological polar surface area (TPSA) is 107 Å². The lowest BCUT2D eigenvalue weighted by Crippen LogP contribution is -2.24. The van der Waals surface area contributed by atoms with Crippen molar-refractivity contribution in [2.24, 2.45) is 0 Å². The van der Waals surface area contributed by atoms with Crippen molar-refractivity contribution in [2.45, 2.75) is 11.4 Å². The summed E-state index contributed by atoms with van der Waals surface area (Å²) < 4.78 is 31.9. The Balaban J connectivity index is 2.22. The average Bonchev–Trinajstić information content (AvgIpc) is 2.46. The number of nitrogens with two attached hydrogens (primary N) is 1. The highest BCUT2D eigenvalue weighted by Gasteiger charge is 2.19. The van der Waals surface area contributed by atoms with Crippen molar-refractivity contribution in [3.8, 4) is 5.75 Å². The first-order chi connectivity index (χ1) is 9.53. The monoisotopic (exact) mass is 294 g/mol. The Morgan fingerprint density at radius 3 is 2.80 bits per heavy atom. The Morgan fingerprint density at radius 1 is 1.35 bits per heavy atom. The summed E-state index contributed by atoms with van der Waals surface area (Å²) in [6.07, 6.45) is 2.90. The van der Waals surface area contributed by atoms with Crippen LogP contribution in [-0.4, -0.2) is 25.5 Å². The van der Waals surface area contributed by atoms with E-state index in [1.807, 2.05) is 0 Å². The molecule has 3 N–H and O–H groups in total. The first kappa shape index (κ1) is 14.2. The maximum Gasteiger partial charge on any atom is 0.244 e. The van der Waals surface area contributed by atoms with E-state index < -0.39 is 10.0 Å². The number of benzene rings is 1. The van der Waals surface area contributed by atoms with Crippen LogP contribution in [0.3, 0.4) is 0 Å². The van der Waals surface area contributed by atoms with Crippen LogP contribution in [0.15, 0.2) is 41.7 Å². The molecule has 0 saturated carbocycles. The highest BCUT2D eigenvalue weighted by Crippen LogP contribution is 2.25. The second kappa shape index (κ2) is 5.85. The minimum Gasteiger partial charge on any atom is -0.495 e. The molecule has 7 nitrogen and oxygen atoms in total. The number of aromatic nitrogens is 2. The third kappa shape index (κ3) is 3.22. The zero-order valence-corrected chi connectivity index (χ0v) is 11.6. The largest absolute Gasteiger partial charge is 0.495 e. The van der Waals surface area contributed by atoms with Gasteiger partial charge in [-0.3, -0.25) is 0 Å². The number of sulfonamides is 1. The van der Waals surface area contributed by atoms with E-state index in [4.69, 9.17) is 10.5 Å². The molecule has 0 unspecified atom stereocenters. The highest BCUT2D eigenvalue weighted by molar-refractivity contribution is 7.89. The number of nitrogens with zero attached hydrogens (tertiary/aromatic N) is 2. The zero-order valence-electron chi connectivity index (χ0n) is 10.8. The van der Waals surface area contributed by atoms with Gasteiger partial charge in [0.15, 0.2) is 0 Å². The fourth-order valence-corrected chi connectivity index (χ4v) is 2.72. The minimum atomic E-state index is -3.71. The summed E-state index contributed by atoms with van der Waals surface area (Å²) in [6, 6.07) is 5.99. The van der Waals surface area contributed by atoms with Crippen LogP contribution in [0.1, 0.15) is 5.69 Å². The molecule has 0 saturated heterocycles. The molecule has 0 amide bonds. The number of nitrogens with one attached hydrogen (secondary N) is 1. The molecule has 1 aromatic carbocycles. The molecule has 1 heterocycles. The van der Waals surface area contributed by atoms with E-state index in [2.05, 4.69) is 14.7 Å². The molecule has 0 aliphatic carbocycles. The second-order valence-electron chi connectivity index (χ2n) is 3.94. The lowest BCUT2D eigenvalue weighted by molar-refractivity contribution is 0.402. The van der Waals surface area contributed by atoms with Gasteiger partial charge in [0.25, 0.3) is 0 Å². The molecule has 0 aliphatic heterocycles. The summed E-state index contributed by atoms with van der Waals surface area (Å²) in [6.45, 7) is 0.0678. The van der Waals surface area contributed by atoms with E-state index in [1.165, 1.54) is 31.6 Å². The fourth-order valence-electron chi connectivity index (χ4n) is 1.58. The Kier molecular flexibility index (Phi) is 4.16. The predicted octanol–water partition coefficient (Wildman–Crippen LogP) is 0.546. The molecule has 0 spiro atoms. The van der Waals surface area contributed by atoms with Crippen molar-refractivity contribution < 1.29 is 13.2 Å². The van der Waals surface area contributed by atoms with Gasteiger partial charge in [-0.2, -0.15) is 0 Å². The fraction of sp³-hybridized carbons (Fsp3) is 0.167. The summed E-state index contributed by atoms with van der Waals surface area (Å²) in [5.41, 5.74) is 6.59. The summed E-state index contributed by atoms with van der Waals surface area (Å²) in [4.78, 5) is 7.74. The lowest BCUT2D eigenvalue weighted by Gasteiger charge is -2.11. The smallest absolute Gasteiger partial charge is 0.244 e. The maximum atomic E-state index is 12.2. The second-order valence-corrected chi connectivity index (χ2v) is 5.67. The molecule has 8 heteroatoms. The van der Waals surface area contributed by atoms with Gasteiger partial charge in [0.2, 0.25) is 10.0 Å². The predicted molar refractivity (Wildman–Crippen MR) is 73.5 cm³/mol. The summed E-state index contributed by atoms with van der Waals surface area (Å²) in [5, 5.41) is 0. The molecule has 2 aromatic rings. The molecule has 2 rings (SSSR count). The van der Waals surface area contributed by atoms with Gasteiger partial charge < -0.3 is 10.5 Å². The van der Waals surface area contributed by atoms with Crippen molar-refractivity contribution in [3.63, 3.8) is 0 Å². The highest BCUT2D eigenvalue weighted by atomic mass is 32.2. The first-order valence-electron chi connectivity index (χ1n) is 5.71. The van der Waals surface area contributed by atoms with Crippen LogP contribution in [0.5, 0.6) is 5.75 Å². The van der Waals surface area contributed by atoms with E-state index in [0.29, 0.717) is 11.4 Å². The maximum absolute atomic E-state index is 12.2. The van der Waals surface area contributed by atoms with Gasteiger partial charge in [-0.25, -0.2) is 23.1 Å². The number of nitrogen functional groups attached to an aromatic ring is 1. The number of rotatable bonds is 5. The summed E-state index contributed by atoms with van der Waals surface area (Å²) >= 11 is 0. The molecule has 0 fully saturated rings. The lowest BCUT2D eigenvalue weighted by atomic mass is 10.3. The normalized spacial score (nSPS) is 11.2. The van der Waals surface area contributed by atoms with E-state index in [1.54, 1.807) is 12.3 Å². The van der Waals surface area contributed by atoms with Crippen molar-refractivity contribution in [3.05, 3.63) is 42.5 Å². The molecule has 1 aromatic heterocycles. The average molecular weight is 294 g/mol. The van der Waals surface area contributed by atoms with Crippen LogP contribution in [0.4, 0.5) is 5.69 Å². The zero-order chi connectivity index (χ0) is 14.6. The summed E-state index contributed by atoms with van der Waals surface area (Å²) in [5.74, 6) is 0.195. The third-order valence-corrected chi connectivity index (χ3v) is 4.00. The number of ether oxygens (including phenoxy) is 1. The van der Waals surface area contributed by atoms with Gasteiger partial charge in [0, 0.05) is 18.0 Å². The van der Waals surface area contributed by atoms with Crippen LogP contribution in [0, 0.1) is 0 Å². The molecule has 0 radical (unpaired) electrons. The summed E-state index contributed by atoms with van der Waals surface area (Å²) in [7, 11) is -2.32. The molecule has 0 aliphatic rings. The molecular formula is C12H14N4O3S. The van der Waals surface area contributed by atoms with Crippen molar-refractivity contribution in [1.29, 1.82) is 0 Å². The van der Waals surface area contributed by atoms with Crippen LogP contribution in [0.2, 0.25) is 0 Å². The van der Waals surface area contributed by atoms with Gasteiger partial charge in [0.05, 0.1) is 19.3 Å². The standard InChI is InChI=1S/C12H14N4O3S/c1-19-11-6-9(13)2-3-12(11)20(17,18)16-7-10-4-5-14-8-15-10/h2-6,8,16H,7,13H2,1H3. The molecule has 0 bridgehead atoms. The van der Waals surface area contributed by atoms with Crippen LogP contribution < -0.4 is 15.2 Å². The molecule has 0 atom stereocenters. The third-order valence-electron chi connectivity index (χ3n) is 2.56. The molecular weight excluding hydrogens is 280 g/mol. The van der Waals surface area contributed by atoms with E-state index >= 15 is 0 Å². The van der Waals surface area contributed by atoms with Crippen LogP contribution >= 0.6 is 0 Å². The van der Waals surface area contributed by atoms with E-state index in [9.17, 15) is 8.42 Å². The Morgan fingerprint density at radius 2 is 2.15 bits per heavy atom. The van der Waals surface area contributed by atoms with Gasteiger partial charge in [0.1, 0.15) is 17.0 Å².